The first-order chi connectivity index (χ1) is 11.7. The van der Waals surface area contributed by atoms with E-state index < -0.39 is 0 Å². The van der Waals surface area contributed by atoms with Crippen molar-refractivity contribution in [3.05, 3.63) is 82.8 Å². The van der Waals surface area contributed by atoms with E-state index >= 15 is 0 Å². The minimum absolute atomic E-state index is 0.160. The molecule has 0 aliphatic carbocycles. The van der Waals surface area contributed by atoms with Crippen molar-refractivity contribution < 1.29 is 4.74 Å². The molecule has 5 nitrogen and oxygen atoms in total. The van der Waals surface area contributed by atoms with Gasteiger partial charge in [0.05, 0.1) is 17.1 Å². The van der Waals surface area contributed by atoms with Gasteiger partial charge < -0.3 is 15.8 Å². The SMILES string of the molecule is CNc1cc(-n2ccc(OCc3ccccc3)cc2=O)ccc1N. The molecule has 0 atom stereocenters. The first-order valence-electron chi connectivity index (χ1n) is 7.64. The number of aromatic nitrogens is 1. The van der Waals surface area contributed by atoms with Crippen molar-refractivity contribution in [3.63, 3.8) is 0 Å². The summed E-state index contributed by atoms with van der Waals surface area (Å²) in [5, 5.41) is 3.01. The minimum Gasteiger partial charge on any atom is -0.489 e. The summed E-state index contributed by atoms with van der Waals surface area (Å²) >= 11 is 0. The molecule has 0 saturated carbocycles. The van der Waals surface area contributed by atoms with Crippen LogP contribution in [-0.4, -0.2) is 11.6 Å². The highest BCUT2D eigenvalue weighted by molar-refractivity contribution is 5.69. The van der Waals surface area contributed by atoms with Gasteiger partial charge in [-0.2, -0.15) is 0 Å². The monoisotopic (exact) mass is 321 g/mol. The van der Waals surface area contributed by atoms with Gasteiger partial charge in [0.15, 0.2) is 0 Å². The largest absolute Gasteiger partial charge is 0.489 e. The summed E-state index contributed by atoms with van der Waals surface area (Å²) in [6.45, 7) is 0.427. The Labute approximate surface area is 140 Å². The second-order valence-electron chi connectivity index (χ2n) is 5.37. The van der Waals surface area contributed by atoms with Gasteiger partial charge in [-0.15, -0.1) is 0 Å². The quantitative estimate of drug-likeness (QED) is 0.709. The van der Waals surface area contributed by atoms with Crippen molar-refractivity contribution in [3.8, 4) is 11.4 Å². The second kappa shape index (κ2) is 6.91. The smallest absolute Gasteiger partial charge is 0.258 e. The van der Waals surface area contributed by atoms with E-state index in [4.69, 9.17) is 10.5 Å². The summed E-state index contributed by atoms with van der Waals surface area (Å²) in [6, 6.07) is 18.5. The third kappa shape index (κ3) is 3.41. The number of nitrogens with two attached hydrogens (primary N) is 1. The lowest BCUT2D eigenvalue weighted by Gasteiger charge is -2.11. The third-order valence-electron chi connectivity index (χ3n) is 3.72. The van der Waals surface area contributed by atoms with Crippen LogP contribution in [0.15, 0.2) is 71.7 Å². The molecule has 3 aromatic rings. The fourth-order valence-corrected chi connectivity index (χ4v) is 2.42. The standard InChI is InChI=1S/C19H19N3O2/c1-21-18-11-15(7-8-17(18)20)22-10-9-16(12-19(22)23)24-13-14-5-3-2-4-6-14/h2-12,21H,13,20H2,1H3. The maximum atomic E-state index is 12.4. The topological polar surface area (TPSA) is 69.3 Å². The second-order valence-corrected chi connectivity index (χ2v) is 5.37. The predicted molar refractivity (Wildman–Crippen MR) is 96.8 cm³/mol. The zero-order valence-electron chi connectivity index (χ0n) is 13.4. The molecule has 24 heavy (non-hydrogen) atoms. The third-order valence-corrected chi connectivity index (χ3v) is 3.72. The summed E-state index contributed by atoms with van der Waals surface area (Å²) in [4.78, 5) is 12.4. The van der Waals surface area contributed by atoms with Gasteiger partial charge in [-0.1, -0.05) is 30.3 Å². The van der Waals surface area contributed by atoms with Gasteiger partial charge in [0.2, 0.25) is 0 Å². The molecular formula is C19H19N3O2. The Morgan fingerprint density at radius 1 is 1.08 bits per heavy atom. The Morgan fingerprint density at radius 3 is 2.58 bits per heavy atom. The molecule has 122 valence electrons. The van der Waals surface area contributed by atoms with Gasteiger partial charge in [-0.05, 0) is 29.8 Å². The number of hydrogen-bond acceptors (Lipinski definition) is 4. The molecule has 2 aromatic carbocycles. The molecule has 0 aliphatic heterocycles. The normalized spacial score (nSPS) is 10.4. The zero-order valence-corrected chi connectivity index (χ0v) is 13.4. The highest BCUT2D eigenvalue weighted by Gasteiger charge is 2.05. The van der Waals surface area contributed by atoms with Gasteiger partial charge >= 0.3 is 0 Å². The molecule has 0 spiro atoms. The molecule has 5 heteroatoms. The average molecular weight is 321 g/mol. The molecule has 0 unspecified atom stereocenters. The molecule has 0 bridgehead atoms. The van der Waals surface area contributed by atoms with Crippen molar-refractivity contribution in [1.29, 1.82) is 0 Å². The van der Waals surface area contributed by atoms with E-state index in [2.05, 4.69) is 5.32 Å². The van der Waals surface area contributed by atoms with E-state index in [0.29, 0.717) is 18.0 Å². The molecule has 3 rings (SSSR count). The van der Waals surface area contributed by atoms with E-state index in [-0.39, 0.29) is 5.56 Å². The van der Waals surface area contributed by atoms with E-state index in [1.807, 2.05) is 42.5 Å². The Bertz CT molecular complexity index is 889. The first-order valence-corrected chi connectivity index (χ1v) is 7.64. The molecule has 0 aliphatic rings. The highest BCUT2D eigenvalue weighted by atomic mass is 16.5. The van der Waals surface area contributed by atoms with Crippen LogP contribution in [-0.2, 0) is 6.61 Å². The number of pyridine rings is 1. The fourth-order valence-electron chi connectivity index (χ4n) is 2.42. The summed E-state index contributed by atoms with van der Waals surface area (Å²) < 4.78 is 7.23. The maximum Gasteiger partial charge on any atom is 0.258 e. The Kier molecular flexibility index (Phi) is 4.52. The number of nitrogen functional groups attached to an aromatic ring is 1. The van der Waals surface area contributed by atoms with Gasteiger partial charge in [-0.3, -0.25) is 9.36 Å². The Hall–Kier alpha value is -3.21. The lowest BCUT2D eigenvalue weighted by atomic mass is 10.2. The van der Waals surface area contributed by atoms with Crippen LogP contribution in [0, 0.1) is 0 Å². The Balaban J connectivity index is 1.81. The highest BCUT2D eigenvalue weighted by Crippen LogP contribution is 2.21. The summed E-state index contributed by atoms with van der Waals surface area (Å²) in [6.07, 6.45) is 1.70. The molecule has 1 heterocycles. The molecule has 0 amide bonds. The Morgan fingerprint density at radius 2 is 1.88 bits per heavy atom. The average Bonchev–Trinajstić information content (AvgIpc) is 2.62. The number of ether oxygens (including phenoxy) is 1. The number of nitrogens with one attached hydrogen (secondary N) is 1. The first kappa shape index (κ1) is 15.7. The lowest BCUT2D eigenvalue weighted by molar-refractivity contribution is 0.305. The summed E-state index contributed by atoms with van der Waals surface area (Å²) in [7, 11) is 1.79. The van der Waals surface area contributed by atoms with E-state index in [0.717, 1.165) is 16.9 Å². The molecule has 0 fully saturated rings. The van der Waals surface area contributed by atoms with E-state index in [1.54, 1.807) is 29.9 Å². The molecular weight excluding hydrogens is 302 g/mol. The van der Waals surface area contributed by atoms with Gasteiger partial charge in [0.25, 0.3) is 5.56 Å². The predicted octanol–water partition coefficient (Wildman–Crippen LogP) is 3.04. The van der Waals surface area contributed by atoms with Crippen LogP contribution in [0.25, 0.3) is 5.69 Å². The molecule has 3 N–H and O–H groups in total. The van der Waals surface area contributed by atoms with Crippen LogP contribution >= 0.6 is 0 Å². The summed E-state index contributed by atoms with van der Waals surface area (Å²) in [5.74, 6) is 0.546. The van der Waals surface area contributed by atoms with E-state index in [1.165, 1.54) is 6.07 Å². The van der Waals surface area contributed by atoms with Crippen LogP contribution in [0.5, 0.6) is 5.75 Å². The van der Waals surface area contributed by atoms with Crippen molar-refractivity contribution in [2.45, 2.75) is 6.61 Å². The van der Waals surface area contributed by atoms with Crippen LogP contribution in [0.1, 0.15) is 5.56 Å². The van der Waals surface area contributed by atoms with Crippen molar-refractivity contribution >= 4 is 11.4 Å². The fraction of sp³-hybridized carbons (Fsp3) is 0.105. The molecule has 1 aromatic heterocycles. The van der Waals surface area contributed by atoms with Crippen molar-refractivity contribution in [1.82, 2.24) is 4.57 Å². The van der Waals surface area contributed by atoms with Gasteiger partial charge in [0.1, 0.15) is 12.4 Å². The summed E-state index contributed by atoms with van der Waals surface area (Å²) in [5.41, 5.74) is 8.92. The van der Waals surface area contributed by atoms with Crippen LogP contribution < -0.4 is 21.3 Å². The van der Waals surface area contributed by atoms with Gasteiger partial charge in [0, 0.05) is 19.3 Å². The van der Waals surface area contributed by atoms with Gasteiger partial charge in [-0.25, -0.2) is 0 Å². The van der Waals surface area contributed by atoms with Crippen molar-refractivity contribution in [2.75, 3.05) is 18.1 Å². The number of rotatable bonds is 5. The lowest BCUT2D eigenvalue weighted by Crippen LogP contribution is -2.17. The maximum absolute atomic E-state index is 12.4. The van der Waals surface area contributed by atoms with Crippen molar-refractivity contribution in [2.24, 2.45) is 0 Å². The number of hydrogen-bond donors (Lipinski definition) is 2. The number of benzene rings is 2. The van der Waals surface area contributed by atoms with Crippen LogP contribution in [0.2, 0.25) is 0 Å². The zero-order chi connectivity index (χ0) is 16.9. The van der Waals surface area contributed by atoms with Crippen LogP contribution in [0.4, 0.5) is 11.4 Å². The number of nitrogens with zero attached hydrogens (tertiary/aromatic N) is 1. The number of anilines is 2. The molecule has 0 saturated heterocycles. The van der Waals surface area contributed by atoms with Crippen LogP contribution in [0.3, 0.4) is 0 Å². The minimum atomic E-state index is -0.160. The molecule has 0 radical (unpaired) electrons. The van der Waals surface area contributed by atoms with E-state index in [9.17, 15) is 4.79 Å².